The van der Waals surface area contributed by atoms with Crippen molar-refractivity contribution in [1.29, 1.82) is 0 Å². The maximum absolute atomic E-state index is 11.7. The Balaban J connectivity index is -0.000000210. The van der Waals surface area contributed by atoms with E-state index < -0.39 is 17.2 Å². The number of carbonyl (C=O) groups excluding carboxylic acids is 2. The van der Waals surface area contributed by atoms with E-state index in [1.807, 2.05) is 20.8 Å². The van der Waals surface area contributed by atoms with Gasteiger partial charge in [0.25, 0.3) is 0 Å². The Kier molecular flexibility index (Phi) is 34.0. The number of aromatic hydroxyl groups is 4. The molecule has 0 bridgehead atoms. The molecule has 2 aliphatic rings. The van der Waals surface area contributed by atoms with Gasteiger partial charge in [-0.15, -0.1) is 0 Å². The first-order valence-electron chi connectivity index (χ1n) is 19.4. The molecule has 2 aromatic rings. The zero-order valence-corrected chi connectivity index (χ0v) is 34.5. The molecule has 0 saturated carbocycles. The summed E-state index contributed by atoms with van der Waals surface area (Å²) in [6, 6.07) is 8.70. The van der Waals surface area contributed by atoms with Crippen LogP contribution in [0.1, 0.15) is 167 Å². The lowest BCUT2D eigenvalue weighted by atomic mass is 9.81. The first-order valence-corrected chi connectivity index (χ1v) is 19.4. The molecule has 0 aromatic heterocycles. The standard InChI is InChI=1S/C11H14O4.C11H22O2.C11H14O2.C10H20O2.5CH4/c1-3-6(2)10(14)7-4-8(12)11(15)9(13)5-7;1-6-10-11(12-5)8(3)7(2)9(4)13-10;1-3-8(2)11(13)9-4-6-10(12)7-5-9;1-5-9-10(11)7(3)6(2)8(4)12-9;;;;;/h4-6,12-13,15H,3H2,1-2H3;7-11H,6H2,1-5H3;4-8,12H,3H2,1-2H3;6-11H,5H2,1-4H3;5*1H4. The largest absolute Gasteiger partial charge is 0.508 e. The summed E-state index contributed by atoms with van der Waals surface area (Å²) in [5, 5.41) is 46.4. The number of rotatable bonds is 9. The monoisotopic (exact) mass is 827 g/mol. The number of hydrogen-bond donors (Lipinski definition) is 5. The maximum atomic E-state index is 11.7. The minimum absolute atomic E-state index is 0. The first kappa shape index (κ1) is 64.0. The molecule has 0 spiro atoms. The highest BCUT2D eigenvalue weighted by Crippen LogP contribution is 2.36. The second kappa shape index (κ2) is 30.8. The molecule has 4 rings (SSSR count). The molecule has 342 valence electrons. The lowest BCUT2D eigenvalue weighted by molar-refractivity contribution is -0.172. The van der Waals surface area contributed by atoms with Gasteiger partial charge in [0.15, 0.2) is 28.8 Å². The third-order valence-corrected chi connectivity index (χ3v) is 11.4. The summed E-state index contributed by atoms with van der Waals surface area (Å²) >= 11 is 0. The van der Waals surface area contributed by atoms with Crippen LogP contribution in [-0.2, 0) is 14.2 Å². The highest BCUT2D eigenvalue weighted by atomic mass is 16.5. The zero-order chi connectivity index (χ0) is 40.7. The van der Waals surface area contributed by atoms with Gasteiger partial charge in [0, 0.05) is 30.1 Å². The van der Waals surface area contributed by atoms with Gasteiger partial charge < -0.3 is 39.7 Å². The van der Waals surface area contributed by atoms with Gasteiger partial charge in [0.2, 0.25) is 0 Å². The minimum atomic E-state index is -0.601. The Morgan fingerprint density at radius 1 is 0.621 bits per heavy atom. The van der Waals surface area contributed by atoms with Crippen LogP contribution in [0.5, 0.6) is 23.0 Å². The summed E-state index contributed by atoms with van der Waals surface area (Å²) in [5.74, 6) is 0.496. The fraction of sp³-hybridized carbons (Fsp3) is 0.708. The molecule has 12 atom stereocenters. The van der Waals surface area contributed by atoms with Gasteiger partial charge in [-0.05, 0) is 99.6 Å². The smallest absolute Gasteiger partial charge is 0.200 e. The lowest BCUT2D eigenvalue weighted by Crippen LogP contribution is -2.48. The second-order valence-electron chi connectivity index (χ2n) is 15.0. The van der Waals surface area contributed by atoms with Crippen molar-refractivity contribution in [3.8, 4) is 23.0 Å². The Morgan fingerprint density at radius 2 is 1.00 bits per heavy atom. The third-order valence-electron chi connectivity index (χ3n) is 11.4. The highest BCUT2D eigenvalue weighted by Gasteiger charge is 2.39. The van der Waals surface area contributed by atoms with E-state index in [9.17, 15) is 24.9 Å². The Labute approximate surface area is 355 Å². The lowest BCUT2D eigenvalue weighted by Gasteiger charge is -2.43. The van der Waals surface area contributed by atoms with Crippen molar-refractivity contribution in [2.24, 2.45) is 35.5 Å². The summed E-state index contributed by atoms with van der Waals surface area (Å²) < 4.78 is 17.1. The van der Waals surface area contributed by atoms with Crippen LogP contribution in [0.3, 0.4) is 0 Å². The van der Waals surface area contributed by atoms with Gasteiger partial charge in [-0.2, -0.15) is 0 Å². The summed E-state index contributed by atoms with van der Waals surface area (Å²) in [6.07, 6.45) is 4.46. The van der Waals surface area contributed by atoms with E-state index in [0.29, 0.717) is 41.8 Å². The fourth-order valence-electron chi connectivity index (χ4n) is 6.44. The molecule has 0 amide bonds. The van der Waals surface area contributed by atoms with Crippen LogP contribution in [0.4, 0.5) is 0 Å². The number of methoxy groups -OCH3 is 1. The van der Waals surface area contributed by atoms with Crippen molar-refractivity contribution in [2.75, 3.05) is 7.11 Å². The molecule has 2 heterocycles. The van der Waals surface area contributed by atoms with Crippen molar-refractivity contribution in [2.45, 2.75) is 183 Å². The summed E-state index contributed by atoms with van der Waals surface area (Å²) in [5.41, 5.74) is 0.879. The molecule has 10 nitrogen and oxygen atoms in total. The normalized spacial score (nSPS) is 26.6. The van der Waals surface area contributed by atoms with E-state index in [0.717, 1.165) is 31.4 Å². The molecular formula is C48H90O10. The zero-order valence-electron chi connectivity index (χ0n) is 34.5. The number of phenols is 4. The number of hydrogen-bond acceptors (Lipinski definition) is 10. The van der Waals surface area contributed by atoms with Crippen molar-refractivity contribution >= 4 is 11.6 Å². The number of Topliss-reactive ketones (excluding diaryl/α,β-unsaturated/α-hetero) is 2. The maximum Gasteiger partial charge on any atom is 0.200 e. The predicted molar refractivity (Wildman–Crippen MR) is 243 cm³/mol. The minimum Gasteiger partial charge on any atom is -0.508 e. The summed E-state index contributed by atoms with van der Waals surface area (Å²) in [4.78, 5) is 23.3. The van der Waals surface area contributed by atoms with E-state index in [1.165, 1.54) is 12.1 Å². The molecule has 0 radical (unpaired) electrons. The Morgan fingerprint density at radius 3 is 1.38 bits per heavy atom. The van der Waals surface area contributed by atoms with E-state index in [4.69, 9.17) is 24.4 Å². The Hall–Kier alpha value is -3.18. The van der Waals surface area contributed by atoms with Crippen LogP contribution >= 0.6 is 0 Å². The quantitative estimate of drug-likeness (QED) is 0.121. The van der Waals surface area contributed by atoms with Crippen LogP contribution < -0.4 is 0 Å². The number of ether oxygens (including phenoxy) is 3. The van der Waals surface area contributed by atoms with E-state index in [1.54, 1.807) is 26.2 Å². The molecule has 2 aromatic carbocycles. The molecule has 2 aliphatic heterocycles. The van der Waals surface area contributed by atoms with Crippen LogP contribution in [0.2, 0.25) is 0 Å². The molecule has 5 N–H and O–H groups in total. The van der Waals surface area contributed by atoms with Gasteiger partial charge >= 0.3 is 0 Å². The number of carbonyl (C=O) groups is 2. The topological polar surface area (TPSA) is 163 Å². The number of aliphatic hydroxyl groups excluding tert-OH is 1. The molecule has 0 aliphatic carbocycles. The Bertz CT molecular complexity index is 1350. The summed E-state index contributed by atoms with van der Waals surface area (Å²) in [6.45, 7) is 24.8. The van der Waals surface area contributed by atoms with Crippen LogP contribution in [-0.4, -0.2) is 80.8 Å². The van der Waals surface area contributed by atoms with Gasteiger partial charge in [-0.25, -0.2) is 0 Å². The molecule has 2 fully saturated rings. The van der Waals surface area contributed by atoms with E-state index in [2.05, 4.69) is 55.4 Å². The number of benzene rings is 2. The highest BCUT2D eigenvalue weighted by molar-refractivity contribution is 5.99. The van der Waals surface area contributed by atoms with Gasteiger partial charge in [0.05, 0.1) is 36.6 Å². The van der Waals surface area contributed by atoms with Crippen LogP contribution in [0.15, 0.2) is 36.4 Å². The average molecular weight is 827 g/mol. The second-order valence-corrected chi connectivity index (χ2v) is 15.0. The van der Waals surface area contributed by atoms with Crippen molar-refractivity contribution in [3.63, 3.8) is 0 Å². The predicted octanol–water partition coefficient (Wildman–Crippen LogP) is 12.1. The van der Waals surface area contributed by atoms with Gasteiger partial charge in [0.1, 0.15) is 5.75 Å². The molecule has 58 heavy (non-hydrogen) atoms. The van der Waals surface area contributed by atoms with Crippen molar-refractivity contribution in [3.05, 3.63) is 47.5 Å². The number of phenolic OH excluding ortho intramolecular Hbond substituents is 4. The number of ketones is 2. The van der Waals surface area contributed by atoms with Crippen LogP contribution in [0.25, 0.3) is 0 Å². The van der Waals surface area contributed by atoms with Gasteiger partial charge in [-0.1, -0.05) is 106 Å². The average Bonchev–Trinajstić information content (AvgIpc) is 3.15. The molecule has 2 saturated heterocycles. The third kappa shape index (κ3) is 18.0. The summed E-state index contributed by atoms with van der Waals surface area (Å²) in [7, 11) is 1.79. The van der Waals surface area contributed by atoms with Gasteiger partial charge in [-0.3, -0.25) is 9.59 Å². The number of aliphatic hydroxyl groups is 1. The SMILES string of the molecule is C.C.C.C.C.CCC(C)C(=O)c1cc(O)c(O)c(O)c1.CCC(C)C(=O)c1ccc(O)cc1.CCC1OC(C)C(C)C(C)C1O.CCC1OC(C)C(C)C(C)C1OC. The molecule has 12 unspecified atom stereocenters. The van der Waals surface area contributed by atoms with Crippen molar-refractivity contribution < 1.29 is 49.3 Å². The van der Waals surface area contributed by atoms with Crippen molar-refractivity contribution in [1.82, 2.24) is 0 Å². The molecule has 10 heteroatoms. The molecular weight excluding hydrogens is 737 g/mol. The fourth-order valence-corrected chi connectivity index (χ4v) is 6.44. The van der Waals surface area contributed by atoms with Crippen LogP contribution in [0, 0.1) is 35.5 Å². The van der Waals surface area contributed by atoms with E-state index >= 15 is 0 Å². The van der Waals surface area contributed by atoms with E-state index in [-0.39, 0.29) is 102 Å². The first-order chi connectivity index (χ1) is 24.8.